The molecule has 1 heterocycles. The molecule has 0 spiro atoms. The lowest BCUT2D eigenvalue weighted by molar-refractivity contribution is -0.140. The number of cyclic esters (lactones) is 2. The lowest BCUT2D eigenvalue weighted by atomic mass is 9.91. The number of esters is 3. The van der Waals surface area contributed by atoms with Crippen LogP contribution in [0.25, 0.3) is 11.1 Å². The summed E-state index contributed by atoms with van der Waals surface area (Å²) in [5, 5.41) is 145. The maximum absolute atomic E-state index is 14.2. The van der Waals surface area contributed by atoms with Crippen molar-refractivity contribution in [1.82, 2.24) is 0 Å². The Balaban J connectivity index is 1.76. The molecule has 298 valence electrons. The van der Waals surface area contributed by atoms with Gasteiger partial charge in [-0.25, -0.2) is 14.4 Å². The van der Waals surface area contributed by atoms with Crippen molar-refractivity contribution in [3.8, 4) is 97.9 Å². The molecule has 1 aliphatic rings. The molecule has 0 bridgehead atoms. The lowest BCUT2D eigenvalue weighted by Gasteiger charge is -2.31. The Hall–Kier alpha value is -8.16. The summed E-state index contributed by atoms with van der Waals surface area (Å²) >= 11 is 0. The number of fused-ring (bicyclic) bond motifs is 3. The van der Waals surface area contributed by atoms with Gasteiger partial charge in [0.2, 0.25) is 23.0 Å². The highest BCUT2D eigenvalue weighted by Crippen LogP contribution is 2.55. The number of carbonyl (C=O) groups excluding carboxylic acids is 4. The zero-order valence-corrected chi connectivity index (χ0v) is 28.0. The summed E-state index contributed by atoms with van der Waals surface area (Å²) in [7, 11) is 0. The van der Waals surface area contributed by atoms with Crippen LogP contribution in [0.4, 0.5) is 0 Å². The molecule has 1 aliphatic heterocycles. The topological polar surface area (TPSA) is 388 Å². The van der Waals surface area contributed by atoms with Gasteiger partial charge in [0.1, 0.15) is 24.9 Å². The Morgan fingerprint density at radius 3 is 1.88 bits per heavy atom. The fraction of sp³-hybridized carbons (Fsp3) is 0.143. The van der Waals surface area contributed by atoms with Crippen LogP contribution in [-0.4, -0.2) is 127 Å². The largest absolute Gasteiger partial charge is 0.504 e. The minimum atomic E-state index is -2.51. The van der Waals surface area contributed by atoms with Crippen LogP contribution >= 0.6 is 0 Å². The van der Waals surface area contributed by atoms with Crippen LogP contribution in [0, 0.1) is 12.0 Å². The van der Waals surface area contributed by atoms with E-state index >= 15 is 0 Å². The Kier molecular flexibility index (Phi) is 10.7. The quantitative estimate of drug-likeness (QED) is 0.0396. The molecule has 4 aromatic rings. The van der Waals surface area contributed by atoms with Crippen molar-refractivity contribution < 1.29 is 110 Å². The van der Waals surface area contributed by atoms with E-state index < -0.39 is 157 Å². The number of aliphatic hydroxyl groups is 3. The number of hydrogen-bond donors (Lipinski definition) is 14. The molecule has 0 aliphatic carbocycles. The number of aromatic hydroxyl groups is 11. The first-order valence-corrected chi connectivity index (χ1v) is 15.5. The van der Waals surface area contributed by atoms with Crippen LogP contribution in [0.15, 0.2) is 30.3 Å². The Morgan fingerprint density at radius 1 is 0.737 bits per heavy atom. The standard InChI is InChI=1S/C35H26O22/c36-2-1-10-3-16(40)25(46)29(50)30(10)55-20-7-13-22(28(49)26(20)47)21-12(6-17(41)24(45)27(21)48)34(52)54-9-19(43)32(57-35(13)53)31(18(42)8-37)56-33(51)11-4-14(38)23(44)15(39)5-11/h3-8,18-19,31-32,36,38-50H,9H2. The molecule has 0 saturated heterocycles. The second-order valence-corrected chi connectivity index (χ2v) is 11.7. The third-order valence-corrected chi connectivity index (χ3v) is 8.15. The first-order valence-electron chi connectivity index (χ1n) is 15.5. The smallest absolute Gasteiger partial charge is 0.339 e. The second kappa shape index (κ2) is 15.3. The normalized spacial score (nSPS) is 16.2. The van der Waals surface area contributed by atoms with E-state index in [0.717, 1.165) is 0 Å². The summed E-state index contributed by atoms with van der Waals surface area (Å²) < 4.78 is 20.9. The highest BCUT2D eigenvalue weighted by atomic mass is 16.6. The monoisotopic (exact) mass is 798 g/mol. The van der Waals surface area contributed by atoms with Gasteiger partial charge in [0.25, 0.3) is 0 Å². The van der Waals surface area contributed by atoms with E-state index in [4.69, 9.17) is 24.1 Å². The van der Waals surface area contributed by atoms with Gasteiger partial charge in [0.05, 0.1) is 22.3 Å². The van der Waals surface area contributed by atoms with Gasteiger partial charge in [-0.2, -0.15) is 0 Å². The van der Waals surface area contributed by atoms with E-state index in [1.54, 1.807) is 0 Å². The zero-order chi connectivity index (χ0) is 42.2. The summed E-state index contributed by atoms with van der Waals surface area (Å²) in [6.07, 6.45) is -8.74. The van der Waals surface area contributed by atoms with Gasteiger partial charge in [0, 0.05) is 23.3 Å². The molecule has 0 amide bonds. The van der Waals surface area contributed by atoms with Crippen molar-refractivity contribution in [1.29, 1.82) is 0 Å². The summed E-state index contributed by atoms with van der Waals surface area (Å²) in [6.45, 7) is -1.28. The molecule has 0 aromatic heterocycles. The van der Waals surface area contributed by atoms with Gasteiger partial charge in [-0.05, 0) is 24.1 Å². The fourth-order valence-corrected chi connectivity index (χ4v) is 5.39. The van der Waals surface area contributed by atoms with E-state index in [1.807, 2.05) is 5.92 Å². The predicted octanol–water partition coefficient (Wildman–Crippen LogP) is 0.431. The van der Waals surface area contributed by atoms with Gasteiger partial charge < -0.3 is 95.2 Å². The Morgan fingerprint density at radius 2 is 1.28 bits per heavy atom. The first kappa shape index (κ1) is 40.0. The van der Waals surface area contributed by atoms with Crippen molar-refractivity contribution in [3.05, 3.63) is 52.6 Å². The molecule has 4 atom stereocenters. The number of aliphatic hydroxyl groups excluding tert-OH is 3. The molecule has 0 radical (unpaired) electrons. The number of aldehydes is 1. The Bertz CT molecular complexity index is 2390. The third kappa shape index (κ3) is 7.24. The summed E-state index contributed by atoms with van der Waals surface area (Å²) in [6, 6.07) is 2.70. The van der Waals surface area contributed by atoms with Crippen molar-refractivity contribution in [3.63, 3.8) is 0 Å². The minimum absolute atomic E-state index is 0.267. The average molecular weight is 799 g/mol. The van der Waals surface area contributed by atoms with Crippen LogP contribution in [0.2, 0.25) is 0 Å². The molecule has 0 saturated carbocycles. The van der Waals surface area contributed by atoms with E-state index in [-0.39, 0.29) is 6.29 Å². The Labute approximate surface area is 315 Å². The van der Waals surface area contributed by atoms with Gasteiger partial charge in [-0.1, -0.05) is 0 Å². The molecule has 57 heavy (non-hydrogen) atoms. The maximum atomic E-state index is 14.2. The first-order chi connectivity index (χ1) is 26.8. The molecule has 14 N–H and O–H groups in total. The van der Waals surface area contributed by atoms with E-state index in [2.05, 4.69) is 0 Å². The third-order valence-electron chi connectivity index (χ3n) is 8.15. The van der Waals surface area contributed by atoms with Crippen LogP contribution in [0.5, 0.6) is 74.7 Å². The maximum Gasteiger partial charge on any atom is 0.339 e. The zero-order valence-electron chi connectivity index (χ0n) is 28.0. The van der Waals surface area contributed by atoms with E-state index in [9.17, 15) is 85.6 Å². The molecule has 0 fully saturated rings. The number of ether oxygens (including phenoxy) is 4. The SMILES string of the molecule is O=CC(O)C(OC(=O)c1cc(O)c(O)c(O)c1)C1OC(=O)c2cc(Oc3c(C#CO)cc(O)c(O)c3O)c(O)c(O)c2-c2c(cc(O)c(O)c2O)C(=O)OCC1O. The van der Waals surface area contributed by atoms with Crippen molar-refractivity contribution >= 4 is 24.2 Å². The number of carbonyl (C=O) groups is 4. The van der Waals surface area contributed by atoms with Crippen LogP contribution in [0.1, 0.15) is 36.6 Å². The predicted molar refractivity (Wildman–Crippen MR) is 179 cm³/mol. The highest BCUT2D eigenvalue weighted by Gasteiger charge is 2.43. The lowest BCUT2D eigenvalue weighted by Crippen LogP contribution is -2.51. The highest BCUT2D eigenvalue weighted by molar-refractivity contribution is 6.08. The van der Waals surface area contributed by atoms with Crippen molar-refractivity contribution in [2.24, 2.45) is 0 Å². The number of rotatable bonds is 7. The fourth-order valence-electron chi connectivity index (χ4n) is 5.39. The van der Waals surface area contributed by atoms with Gasteiger partial charge in [-0.3, -0.25) is 0 Å². The molecular weight excluding hydrogens is 772 g/mol. The number of phenolic OH excluding ortho intramolecular Hbond substituents is 11. The van der Waals surface area contributed by atoms with Crippen molar-refractivity contribution in [2.75, 3.05) is 6.61 Å². The summed E-state index contributed by atoms with van der Waals surface area (Å²) in [5.41, 5.74) is -5.66. The van der Waals surface area contributed by atoms with Crippen molar-refractivity contribution in [2.45, 2.75) is 24.4 Å². The minimum Gasteiger partial charge on any atom is -0.504 e. The molecule has 22 heteroatoms. The second-order valence-electron chi connectivity index (χ2n) is 11.7. The van der Waals surface area contributed by atoms with Gasteiger partial charge in [-0.15, -0.1) is 0 Å². The van der Waals surface area contributed by atoms with Crippen LogP contribution in [-0.2, 0) is 19.0 Å². The molecule has 4 unspecified atom stereocenters. The van der Waals surface area contributed by atoms with Crippen LogP contribution < -0.4 is 4.74 Å². The van der Waals surface area contributed by atoms with Gasteiger partial charge in [0.15, 0.2) is 70.2 Å². The summed E-state index contributed by atoms with van der Waals surface area (Å²) in [5.74, 6) is -18.7. The van der Waals surface area contributed by atoms with E-state index in [1.165, 1.54) is 6.11 Å². The van der Waals surface area contributed by atoms with Gasteiger partial charge >= 0.3 is 17.9 Å². The number of phenols is 11. The molecule has 5 rings (SSSR count). The van der Waals surface area contributed by atoms with E-state index in [0.29, 0.717) is 30.3 Å². The average Bonchev–Trinajstić information content (AvgIpc) is 3.18. The number of benzene rings is 4. The summed E-state index contributed by atoms with van der Waals surface area (Å²) in [4.78, 5) is 52.5. The molecule has 22 nitrogen and oxygen atoms in total. The molecular formula is C35H26O22. The number of hydrogen-bond acceptors (Lipinski definition) is 22. The van der Waals surface area contributed by atoms with Crippen LogP contribution in [0.3, 0.4) is 0 Å². The molecule has 4 aromatic carbocycles.